The van der Waals surface area contributed by atoms with Gasteiger partial charge in [-0.15, -0.1) is 0 Å². The predicted molar refractivity (Wildman–Crippen MR) is 84.2 cm³/mol. The molecule has 2 rings (SSSR count). The summed E-state index contributed by atoms with van der Waals surface area (Å²) in [6.07, 6.45) is 5.10. The number of carbonyl (C=O) groups is 1. The normalized spacial score (nSPS) is 22.4. The molecular formula is C17H26N2O. The first-order valence-corrected chi connectivity index (χ1v) is 7.56. The molecule has 1 fully saturated rings. The van der Waals surface area contributed by atoms with Crippen molar-refractivity contribution in [2.24, 2.45) is 5.92 Å². The summed E-state index contributed by atoms with van der Waals surface area (Å²) >= 11 is 0. The van der Waals surface area contributed by atoms with E-state index in [2.05, 4.69) is 19.2 Å². The van der Waals surface area contributed by atoms with Crippen LogP contribution in [-0.4, -0.2) is 30.9 Å². The Morgan fingerprint density at radius 3 is 2.70 bits per heavy atom. The van der Waals surface area contributed by atoms with Crippen LogP contribution in [0.1, 0.15) is 48.5 Å². The summed E-state index contributed by atoms with van der Waals surface area (Å²) in [5, 5.41) is 3.64. The minimum atomic E-state index is 0.0602. The zero-order chi connectivity index (χ0) is 14.7. The van der Waals surface area contributed by atoms with Crippen LogP contribution in [0.15, 0.2) is 18.2 Å². The monoisotopic (exact) mass is 274 g/mol. The SMILES string of the molecule is Cc1ccc(C(=O)N(C)C)cc1NC1CCCC(C)C1. The van der Waals surface area contributed by atoms with E-state index in [0.29, 0.717) is 6.04 Å². The molecule has 110 valence electrons. The Labute approximate surface area is 122 Å². The van der Waals surface area contributed by atoms with Crippen LogP contribution in [-0.2, 0) is 0 Å². The van der Waals surface area contributed by atoms with E-state index < -0.39 is 0 Å². The third-order valence-electron chi connectivity index (χ3n) is 4.19. The average Bonchev–Trinajstić information content (AvgIpc) is 2.40. The summed E-state index contributed by atoms with van der Waals surface area (Å²) in [5.74, 6) is 0.859. The second-order valence-corrected chi connectivity index (χ2v) is 6.34. The fraction of sp³-hybridized carbons (Fsp3) is 0.588. The second-order valence-electron chi connectivity index (χ2n) is 6.34. The summed E-state index contributed by atoms with van der Waals surface area (Å²) in [6.45, 7) is 4.42. The molecule has 0 saturated heterocycles. The van der Waals surface area contributed by atoms with Crippen molar-refractivity contribution in [3.05, 3.63) is 29.3 Å². The molecule has 0 spiro atoms. The van der Waals surface area contributed by atoms with Crippen molar-refractivity contribution < 1.29 is 4.79 Å². The van der Waals surface area contributed by atoms with Gasteiger partial charge in [0.15, 0.2) is 0 Å². The summed E-state index contributed by atoms with van der Waals surface area (Å²) in [7, 11) is 3.58. The standard InChI is InChI=1S/C17H26N2O/c1-12-6-5-7-15(10-12)18-16-11-14(9-8-13(16)2)17(20)19(3)4/h8-9,11-12,15,18H,5-7,10H2,1-4H3. The maximum Gasteiger partial charge on any atom is 0.253 e. The van der Waals surface area contributed by atoms with Gasteiger partial charge in [-0.05, 0) is 43.4 Å². The number of carbonyl (C=O) groups excluding carboxylic acids is 1. The van der Waals surface area contributed by atoms with E-state index in [-0.39, 0.29) is 5.91 Å². The first kappa shape index (κ1) is 14.9. The van der Waals surface area contributed by atoms with E-state index in [1.165, 1.54) is 31.2 Å². The number of hydrogen-bond acceptors (Lipinski definition) is 2. The maximum absolute atomic E-state index is 12.1. The lowest BCUT2D eigenvalue weighted by Gasteiger charge is -2.29. The first-order valence-electron chi connectivity index (χ1n) is 7.56. The molecule has 3 heteroatoms. The van der Waals surface area contributed by atoms with Crippen LogP contribution < -0.4 is 5.32 Å². The third-order valence-corrected chi connectivity index (χ3v) is 4.19. The highest BCUT2D eigenvalue weighted by Crippen LogP contribution is 2.27. The molecule has 1 aliphatic carbocycles. The molecule has 0 bridgehead atoms. The predicted octanol–water partition coefficient (Wildman–Crippen LogP) is 3.69. The van der Waals surface area contributed by atoms with Crippen molar-refractivity contribution in [3.63, 3.8) is 0 Å². The number of benzene rings is 1. The zero-order valence-electron chi connectivity index (χ0n) is 13.1. The Bertz CT molecular complexity index is 482. The van der Waals surface area contributed by atoms with Crippen molar-refractivity contribution >= 4 is 11.6 Å². The Hall–Kier alpha value is -1.51. The third kappa shape index (κ3) is 3.53. The van der Waals surface area contributed by atoms with Gasteiger partial charge in [0.05, 0.1) is 0 Å². The van der Waals surface area contributed by atoms with E-state index >= 15 is 0 Å². The zero-order valence-corrected chi connectivity index (χ0v) is 13.1. The van der Waals surface area contributed by atoms with Gasteiger partial charge in [-0.3, -0.25) is 4.79 Å². The van der Waals surface area contributed by atoms with Gasteiger partial charge in [-0.2, -0.15) is 0 Å². The molecule has 1 aromatic carbocycles. The van der Waals surface area contributed by atoms with Crippen LogP contribution in [0.3, 0.4) is 0 Å². The minimum absolute atomic E-state index is 0.0602. The van der Waals surface area contributed by atoms with Crippen molar-refractivity contribution in [1.82, 2.24) is 4.90 Å². The topological polar surface area (TPSA) is 32.3 Å². The van der Waals surface area contributed by atoms with Crippen LogP contribution in [0.5, 0.6) is 0 Å². The number of nitrogens with zero attached hydrogens (tertiary/aromatic N) is 1. The average molecular weight is 274 g/mol. The molecule has 1 aliphatic rings. The van der Waals surface area contributed by atoms with E-state index in [0.717, 1.165) is 17.2 Å². The molecule has 20 heavy (non-hydrogen) atoms. The van der Waals surface area contributed by atoms with Crippen molar-refractivity contribution in [2.45, 2.75) is 45.6 Å². The number of anilines is 1. The fourth-order valence-electron chi connectivity index (χ4n) is 2.95. The largest absolute Gasteiger partial charge is 0.382 e. The van der Waals surface area contributed by atoms with Gasteiger partial charge in [0.1, 0.15) is 0 Å². The van der Waals surface area contributed by atoms with Crippen LogP contribution in [0.4, 0.5) is 5.69 Å². The van der Waals surface area contributed by atoms with E-state index in [4.69, 9.17) is 0 Å². The van der Waals surface area contributed by atoms with E-state index in [9.17, 15) is 4.79 Å². The number of nitrogens with one attached hydrogen (secondary N) is 1. The summed E-state index contributed by atoms with van der Waals surface area (Å²) in [5.41, 5.74) is 3.07. The number of hydrogen-bond donors (Lipinski definition) is 1. The molecule has 1 saturated carbocycles. The Morgan fingerprint density at radius 1 is 1.30 bits per heavy atom. The van der Waals surface area contributed by atoms with Gasteiger partial charge in [-0.1, -0.05) is 25.8 Å². The van der Waals surface area contributed by atoms with E-state index in [1.807, 2.05) is 18.2 Å². The molecule has 0 radical (unpaired) electrons. The summed E-state index contributed by atoms with van der Waals surface area (Å²) in [6, 6.07) is 6.48. The molecule has 0 heterocycles. The molecule has 0 aromatic heterocycles. The Kier molecular flexibility index (Phi) is 4.69. The highest BCUT2D eigenvalue weighted by atomic mass is 16.2. The van der Waals surface area contributed by atoms with Crippen LogP contribution in [0.2, 0.25) is 0 Å². The number of amides is 1. The molecule has 2 atom stereocenters. The Balaban J connectivity index is 2.14. The quantitative estimate of drug-likeness (QED) is 0.911. The van der Waals surface area contributed by atoms with Crippen molar-refractivity contribution in [2.75, 3.05) is 19.4 Å². The maximum atomic E-state index is 12.1. The lowest BCUT2D eigenvalue weighted by atomic mass is 9.87. The second kappa shape index (κ2) is 6.29. The molecule has 1 amide bonds. The van der Waals surface area contributed by atoms with Crippen LogP contribution >= 0.6 is 0 Å². The summed E-state index contributed by atoms with van der Waals surface area (Å²) < 4.78 is 0. The highest BCUT2D eigenvalue weighted by molar-refractivity contribution is 5.95. The van der Waals surface area contributed by atoms with Gasteiger partial charge in [0.2, 0.25) is 0 Å². The number of rotatable bonds is 3. The fourth-order valence-corrected chi connectivity index (χ4v) is 2.95. The van der Waals surface area contributed by atoms with Gasteiger partial charge in [0.25, 0.3) is 5.91 Å². The highest BCUT2D eigenvalue weighted by Gasteiger charge is 2.19. The van der Waals surface area contributed by atoms with Crippen LogP contribution in [0, 0.1) is 12.8 Å². The smallest absolute Gasteiger partial charge is 0.253 e. The van der Waals surface area contributed by atoms with Gasteiger partial charge in [-0.25, -0.2) is 0 Å². The van der Waals surface area contributed by atoms with Gasteiger partial charge in [0, 0.05) is 31.4 Å². The Morgan fingerprint density at radius 2 is 2.05 bits per heavy atom. The molecule has 2 unspecified atom stereocenters. The molecular weight excluding hydrogens is 248 g/mol. The lowest BCUT2D eigenvalue weighted by molar-refractivity contribution is 0.0827. The molecule has 1 N–H and O–H groups in total. The molecule has 0 aliphatic heterocycles. The van der Waals surface area contributed by atoms with Crippen molar-refractivity contribution in [1.29, 1.82) is 0 Å². The lowest BCUT2D eigenvalue weighted by Crippen LogP contribution is -2.27. The molecule has 1 aromatic rings. The van der Waals surface area contributed by atoms with Crippen molar-refractivity contribution in [3.8, 4) is 0 Å². The van der Waals surface area contributed by atoms with Crippen LogP contribution in [0.25, 0.3) is 0 Å². The van der Waals surface area contributed by atoms with Gasteiger partial charge >= 0.3 is 0 Å². The van der Waals surface area contributed by atoms with Gasteiger partial charge < -0.3 is 10.2 Å². The molecule has 3 nitrogen and oxygen atoms in total. The minimum Gasteiger partial charge on any atom is -0.382 e. The van der Waals surface area contributed by atoms with E-state index in [1.54, 1.807) is 19.0 Å². The first-order chi connectivity index (χ1) is 9.47. The number of aryl methyl sites for hydroxylation is 1. The summed E-state index contributed by atoms with van der Waals surface area (Å²) in [4.78, 5) is 13.7.